The van der Waals surface area contributed by atoms with Gasteiger partial charge in [0.2, 0.25) is 5.91 Å². The number of halogens is 2. The van der Waals surface area contributed by atoms with E-state index in [-0.39, 0.29) is 28.8 Å². The first-order valence-corrected chi connectivity index (χ1v) is 9.57. The van der Waals surface area contributed by atoms with Gasteiger partial charge in [0.15, 0.2) is 0 Å². The molecule has 1 aliphatic heterocycles. The maximum Gasteiger partial charge on any atom is 0.422 e. The molecule has 2 atom stereocenters. The lowest BCUT2D eigenvalue weighted by Crippen LogP contribution is -2.42. The first-order chi connectivity index (χ1) is 13.0. The van der Waals surface area contributed by atoms with E-state index in [9.17, 15) is 14.0 Å². The number of hydrogen-bond acceptors (Lipinski definition) is 5. The van der Waals surface area contributed by atoms with Gasteiger partial charge in [-0.15, -0.1) is 0 Å². The molecule has 0 aliphatic carbocycles. The van der Waals surface area contributed by atoms with E-state index in [0.29, 0.717) is 24.5 Å². The fourth-order valence-corrected chi connectivity index (χ4v) is 3.22. The van der Waals surface area contributed by atoms with Gasteiger partial charge in [0, 0.05) is 30.0 Å². The second-order valence-electron chi connectivity index (χ2n) is 7.64. The van der Waals surface area contributed by atoms with Crippen molar-refractivity contribution in [3.05, 3.63) is 28.0 Å². The largest absolute Gasteiger partial charge is 0.493 e. The van der Waals surface area contributed by atoms with Crippen LogP contribution in [0.2, 0.25) is 5.02 Å². The summed E-state index contributed by atoms with van der Waals surface area (Å²) in [4.78, 5) is 23.5. The molecule has 28 heavy (non-hydrogen) atoms. The minimum atomic E-state index is -0.642. The van der Waals surface area contributed by atoms with Gasteiger partial charge in [-0.2, -0.15) is 0 Å². The zero-order valence-corrected chi connectivity index (χ0v) is 17.5. The van der Waals surface area contributed by atoms with Crippen LogP contribution in [0.25, 0.3) is 0 Å². The van der Waals surface area contributed by atoms with E-state index in [1.54, 1.807) is 34.6 Å². The highest BCUT2D eigenvalue weighted by atomic mass is 35.5. The Labute approximate surface area is 169 Å². The zero-order chi connectivity index (χ0) is 21.1. The Hall–Kier alpha value is -2.06. The molecule has 0 bridgehead atoms. The Kier molecular flexibility index (Phi) is 7.11. The minimum Gasteiger partial charge on any atom is -0.493 e. The third-order valence-corrected chi connectivity index (χ3v) is 4.44. The maximum absolute atomic E-state index is 14.8. The molecule has 1 saturated heterocycles. The van der Waals surface area contributed by atoms with Gasteiger partial charge in [0.25, 0.3) is 0 Å². The third-order valence-electron chi connectivity index (χ3n) is 4.17. The van der Waals surface area contributed by atoms with Crippen molar-refractivity contribution in [1.82, 2.24) is 16.2 Å². The molecule has 7 nitrogen and oxygen atoms in total. The molecule has 0 spiro atoms. The molecular formula is C19H27ClFN3O4. The van der Waals surface area contributed by atoms with Crippen molar-refractivity contribution in [2.24, 2.45) is 0 Å². The van der Waals surface area contributed by atoms with Crippen LogP contribution in [0, 0.1) is 5.82 Å². The van der Waals surface area contributed by atoms with Crippen molar-refractivity contribution in [3.8, 4) is 5.75 Å². The average Bonchev–Trinajstić information content (AvgIpc) is 3.00. The molecule has 1 aliphatic rings. The second kappa shape index (κ2) is 8.96. The van der Waals surface area contributed by atoms with Crippen LogP contribution in [0.5, 0.6) is 5.75 Å². The Morgan fingerprint density at radius 1 is 1.46 bits per heavy atom. The Balaban J connectivity index is 2.31. The number of amides is 2. The number of nitrogens with one attached hydrogen (secondary N) is 3. The summed E-state index contributed by atoms with van der Waals surface area (Å²) in [7, 11) is 0. The number of benzene rings is 1. The summed E-state index contributed by atoms with van der Waals surface area (Å²) in [5.41, 5.74) is 5.49. The van der Waals surface area contributed by atoms with E-state index in [0.717, 1.165) is 0 Å². The van der Waals surface area contributed by atoms with Crippen LogP contribution >= 0.6 is 11.6 Å². The molecule has 1 heterocycles. The number of carbonyl (C=O) groups excluding carboxylic acids is 2. The predicted octanol–water partition coefficient (Wildman–Crippen LogP) is 3.57. The first-order valence-electron chi connectivity index (χ1n) is 9.19. The van der Waals surface area contributed by atoms with Crippen LogP contribution in [-0.4, -0.2) is 30.8 Å². The zero-order valence-electron chi connectivity index (χ0n) is 16.7. The monoisotopic (exact) mass is 415 g/mol. The average molecular weight is 416 g/mol. The van der Waals surface area contributed by atoms with Crippen LogP contribution < -0.4 is 20.9 Å². The molecule has 1 aromatic rings. The first kappa shape index (κ1) is 22.2. The summed E-state index contributed by atoms with van der Waals surface area (Å²) < 4.78 is 25.8. The summed E-state index contributed by atoms with van der Waals surface area (Å²) in [6.07, 6.45) is -0.481. The Morgan fingerprint density at radius 3 is 2.68 bits per heavy atom. The van der Waals surface area contributed by atoms with Gasteiger partial charge in [0.05, 0.1) is 17.7 Å². The molecule has 1 fully saturated rings. The van der Waals surface area contributed by atoms with Crippen LogP contribution in [0.1, 0.15) is 64.1 Å². The van der Waals surface area contributed by atoms with Gasteiger partial charge in [-0.05, 0) is 40.7 Å². The molecule has 2 amide bonds. The van der Waals surface area contributed by atoms with Gasteiger partial charge in [-0.1, -0.05) is 11.6 Å². The van der Waals surface area contributed by atoms with E-state index >= 15 is 0 Å². The number of hydrazine groups is 1. The van der Waals surface area contributed by atoms with Crippen molar-refractivity contribution in [2.75, 3.05) is 13.2 Å². The summed E-state index contributed by atoms with van der Waals surface area (Å²) in [5.74, 6) is -0.789. The molecule has 156 valence electrons. The fraction of sp³-hybridized carbons (Fsp3) is 0.579. The quantitative estimate of drug-likeness (QED) is 0.618. The molecule has 0 unspecified atom stereocenters. The van der Waals surface area contributed by atoms with Gasteiger partial charge in [-0.25, -0.2) is 14.6 Å². The molecular weight excluding hydrogens is 389 g/mol. The van der Waals surface area contributed by atoms with E-state index in [1.807, 2.05) is 0 Å². The molecule has 0 radical (unpaired) electrons. The highest BCUT2D eigenvalue weighted by Crippen LogP contribution is 2.41. The van der Waals surface area contributed by atoms with Crippen LogP contribution in [0.4, 0.5) is 9.18 Å². The van der Waals surface area contributed by atoms with Gasteiger partial charge in [-0.3, -0.25) is 10.2 Å². The topological polar surface area (TPSA) is 88.7 Å². The lowest BCUT2D eigenvalue weighted by atomic mass is 9.92. The van der Waals surface area contributed by atoms with Crippen molar-refractivity contribution in [3.63, 3.8) is 0 Å². The smallest absolute Gasteiger partial charge is 0.422 e. The molecule has 1 aromatic carbocycles. The van der Waals surface area contributed by atoms with Gasteiger partial charge in [0.1, 0.15) is 17.2 Å². The molecule has 0 saturated carbocycles. The van der Waals surface area contributed by atoms with Crippen molar-refractivity contribution in [1.29, 1.82) is 0 Å². The lowest BCUT2D eigenvalue weighted by molar-refractivity contribution is -0.119. The predicted molar refractivity (Wildman–Crippen MR) is 104 cm³/mol. The summed E-state index contributed by atoms with van der Waals surface area (Å²) in [6, 6.07) is 1.00. The van der Waals surface area contributed by atoms with Crippen molar-refractivity contribution >= 4 is 23.6 Å². The number of ether oxygens (including phenoxy) is 2. The fourth-order valence-electron chi connectivity index (χ4n) is 3.00. The highest BCUT2D eigenvalue weighted by molar-refractivity contribution is 6.31. The number of rotatable bonds is 6. The van der Waals surface area contributed by atoms with E-state index in [1.165, 1.54) is 6.07 Å². The summed E-state index contributed by atoms with van der Waals surface area (Å²) in [6.45, 7) is 9.44. The summed E-state index contributed by atoms with van der Waals surface area (Å²) >= 11 is 6.12. The molecule has 9 heteroatoms. The van der Waals surface area contributed by atoms with Gasteiger partial charge >= 0.3 is 6.09 Å². The molecule has 3 N–H and O–H groups in total. The van der Waals surface area contributed by atoms with Crippen LogP contribution in [0.3, 0.4) is 0 Å². The number of hydrogen-bond donors (Lipinski definition) is 3. The molecule has 2 rings (SSSR count). The van der Waals surface area contributed by atoms with Gasteiger partial charge < -0.3 is 14.8 Å². The minimum absolute atomic E-state index is 0.0706. The highest BCUT2D eigenvalue weighted by Gasteiger charge is 2.32. The maximum atomic E-state index is 14.8. The van der Waals surface area contributed by atoms with E-state index in [4.69, 9.17) is 21.1 Å². The number of carbonyl (C=O) groups is 2. The van der Waals surface area contributed by atoms with Crippen LogP contribution in [0.15, 0.2) is 6.07 Å². The Bertz CT molecular complexity index is 752. The van der Waals surface area contributed by atoms with E-state index < -0.39 is 23.6 Å². The Morgan fingerprint density at radius 2 is 2.14 bits per heavy atom. The summed E-state index contributed by atoms with van der Waals surface area (Å²) in [5, 5.41) is 2.63. The normalized spacial score (nSPS) is 17.8. The van der Waals surface area contributed by atoms with Crippen molar-refractivity contribution in [2.45, 2.75) is 58.6 Å². The second-order valence-corrected chi connectivity index (χ2v) is 8.04. The molecule has 0 aromatic heterocycles. The van der Waals surface area contributed by atoms with Crippen molar-refractivity contribution < 1.29 is 23.5 Å². The third kappa shape index (κ3) is 5.48. The van der Waals surface area contributed by atoms with Crippen LogP contribution in [-0.2, 0) is 9.53 Å². The lowest BCUT2D eigenvalue weighted by Gasteiger charge is -2.25. The standard InChI is InChI=1S/C19H27ClFN3O4/c1-6-27-17-12(10(2)23-24-18(26)28-19(3,4)5)8-13(20)16(21)15(17)11-7-14(25)22-9-11/h8,10-11,23H,6-7,9H2,1-5H3,(H,22,25)(H,24,26)/t10-,11+/m1/s1. The van der Waals surface area contributed by atoms with E-state index in [2.05, 4.69) is 16.2 Å². The SMILES string of the molecule is CCOc1c([C@@H](C)NNC(=O)OC(C)(C)C)cc(Cl)c(F)c1[C@@H]1CNC(=O)C1.